The van der Waals surface area contributed by atoms with Crippen LogP contribution in [0.15, 0.2) is 59.5 Å². The summed E-state index contributed by atoms with van der Waals surface area (Å²) in [7, 11) is -3.91. The number of hydrogen-bond acceptors (Lipinski definition) is 6. The van der Waals surface area contributed by atoms with Crippen LogP contribution in [-0.4, -0.2) is 24.2 Å². The summed E-state index contributed by atoms with van der Waals surface area (Å²) >= 11 is 0. The zero-order chi connectivity index (χ0) is 20.3. The maximum atomic E-state index is 12.7. The molecule has 0 unspecified atom stereocenters. The molecule has 1 heterocycles. The number of sulfonamides is 1. The molecule has 144 valence electrons. The van der Waals surface area contributed by atoms with Gasteiger partial charge in [0, 0.05) is 5.56 Å². The smallest absolute Gasteiger partial charge is 0.322 e. The van der Waals surface area contributed by atoms with Crippen LogP contribution in [0.1, 0.15) is 28.7 Å². The maximum absolute atomic E-state index is 12.7. The van der Waals surface area contributed by atoms with E-state index in [4.69, 9.17) is 4.74 Å². The van der Waals surface area contributed by atoms with E-state index in [1.54, 1.807) is 32.0 Å². The first kappa shape index (κ1) is 19.5. The lowest BCUT2D eigenvalue weighted by atomic mass is 10.2. The number of para-hydroxylation sites is 1. The summed E-state index contributed by atoms with van der Waals surface area (Å²) in [5.41, 5.74) is 1.43. The summed E-state index contributed by atoms with van der Waals surface area (Å²) < 4.78 is 33.6. The van der Waals surface area contributed by atoms with Crippen LogP contribution in [0.5, 0.6) is 11.8 Å². The quantitative estimate of drug-likeness (QED) is 0.634. The second-order valence-electron chi connectivity index (χ2n) is 6.16. The van der Waals surface area contributed by atoms with Crippen molar-refractivity contribution in [1.82, 2.24) is 9.97 Å². The third-order valence-electron chi connectivity index (χ3n) is 3.99. The molecule has 0 spiro atoms. The highest BCUT2D eigenvalue weighted by Gasteiger charge is 2.20. The third kappa shape index (κ3) is 4.34. The van der Waals surface area contributed by atoms with Gasteiger partial charge in [0.15, 0.2) is 5.78 Å². The molecule has 1 N–H and O–H groups in total. The van der Waals surface area contributed by atoms with Gasteiger partial charge in [-0.2, -0.15) is 9.97 Å². The Balaban J connectivity index is 1.89. The van der Waals surface area contributed by atoms with Crippen molar-refractivity contribution in [3.8, 4) is 11.8 Å². The van der Waals surface area contributed by atoms with Gasteiger partial charge in [-0.15, -0.1) is 0 Å². The van der Waals surface area contributed by atoms with Gasteiger partial charge in [0.05, 0.1) is 22.0 Å². The van der Waals surface area contributed by atoms with Crippen molar-refractivity contribution in [3.05, 3.63) is 71.5 Å². The van der Waals surface area contributed by atoms with Gasteiger partial charge in [0.2, 0.25) is 0 Å². The van der Waals surface area contributed by atoms with E-state index < -0.39 is 10.0 Å². The number of aryl methyl sites for hydroxylation is 2. The van der Waals surface area contributed by atoms with Crippen LogP contribution in [0.4, 0.5) is 5.69 Å². The number of rotatable bonds is 6. The van der Waals surface area contributed by atoms with Crippen molar-refractivity contribution in [1.29, 1.82) is 0 Å². The average molecular weight is 397 g/mol. The van der Waals surface area contributed by atoms with E-state index in [-0.39, 0.29) is 22.4 Å². The molecule has 7 nitrogen and oxygen atoms in total. The summed E-state index contributed by atoms with van der Waals surface area (Å²) in [5.74, 6) is 0.367. The lowest BCUT2D eigenvalue weighted by Crippen LogP contribution is -2.16. The Kier molecular flexibility index (Phi) is 5.41. The minimum Gasteiger partial charge on any atom is -0.424 e. The Morgan fingerprint density at radius 2 is 1.61 bits per heavy atom. The zero-order valence-electron chi connectivity index (χ0n) is 15.6. The number of ketones is 1. The second kappa shape index (κ2) is 7.77. The molecule has 0 aliphatic rings. The average Bonchev–Trinajstić information content (AvgIpc) is 2.66. The minimum atomic E-state index is -3.91. The molecule has 1 aromatic heterocycles. The number of hydrogen-bond donors (Lipinski definition) is 1. The molecular formula is C20H19N3O4S. The molecule has 0 fully saturated rings. The molecular weight excluding hydrogens is 378 g/mol. The Labute approximate surface area is 163 Å². The van der Waals surface area contributed by atoms with E-state index in [0.717, 1.165) is 0 Å². The van der Waals surface area contributed by atoms with Crippen molar-refractivity contribution in [3.63, 3.8) is 0 Å². The Hall–Kier alpha value is -3.26. The standard InChI is InChI=1S/C20H19N3O4S/c1-13-19(14(2)22-20(21-13)27-17-9-5-4-6-10-17)23-28(25,26)18-11-7-8-16(12-18)15(3)24/h4-12,23H,1-3H3. The van der Waals surface area contributed by atoms with Crippen LogP contribution in [0.25, 0.3) is 0 Å². The van der Waals surface area contributed by atoms with Crippen molar-refractivity contribution in [2.24, 2.45) is 0 Å². The lowest BCUT2D eigenvalue weighted by molar-refractivity contribution is 0.101. The molecule has 2 aromatic carbocycles. The molecule has 0 aliphatic carbocycles. The van der Waals surface area contributed by atoms with Crippen LogP contribution in [0.3, 0.4) is 0 Å². The van der Waals surface area contributed by atoms with Crippen LogP contribution in [-0.2, 0) is 10.0 Å². The topological polar surface area (TPSA) is 98.2 Å². The van der Waals surface area contributed by atoms with Gasteiger partial charge in [-0.3, -0.25) is 9.52 Å². The zero-order valence-corrected chi connectivity index (χ0v) is 16.4. The number of carbonyl (C=O) groups excluding carboxylic acids is 1. The van der Waals surface area contributed by atoms with E-state index in [0.29, 0.717) is 22.7 Å². The van der Waals surface area contributed by atoms with Crippen molar-refractivity contribution < 1.29 is 17.9 Å². The fourth-order valence-corrected chi connectivity index (χ4v) is 3.77. The van der Waals surface area contributed by atoms with Crippen LogP contribution in [0.2, 0.25) is 0 Å². The largest absolute Gasteiger partial charge is 0.424 e. The van der Waals surface area contributed by atoms with Gasteiger partial charge >= 0.3 is 6.01 Å². The maximum Gasteiger partial charge on any atom is 0.322 e. The second-order valence-corrected chi connectivity index (χ2v) is 7.84. The highest BCUT2D eigenvalue weighted by atomic mass is 32.2. The summed E-state index contributed by atoms with van der Waals surface area (Å²) in [4.78, 5) is 20.0. The number of nitrogens with zero attached hydrogens (tertiary/aromatic N) is 2. The van der Waals surface area contributed by atoms with Crippen molar-refractivity contribution in [2.45, 2.75) is 25.7 Å². The van der Waals surface area contributed by atoms with Gasteiger partial charge in [-0.1, -0.05) is 30.3 Å². The van der Waals surface area contributed by atoms with E-state index in [2.05, 4.69) is 14.7 Å². The number of nitrogens with one attached hydrogen (secondary N) is 1. The van der Waals surface area contributed by atoms with Gasteiger partial charge in [0.1, 0.15) is 5.75 Å². The highest BCUT2D eigenvalue weighted by Crippen LogP contribution is 2.25. The number of Topliss-reactive ketones (excluding diaryl/α,β-unsaturated/α-hetero) is 1. The van der Waals surface area contributed by atoms with Gasteiger partial charge in [-0.05, 0) is 45.0 Å². The Bertz CT molecular complexity index is 1110. The fraction of sp³-hybridized carbons (Fsp3) is 0.150. The monoisotopic (exact) mass is 397 g/mol. The van der Waals surface area contributed by atoms with Crippen LogP contribution >= 0.6 is 0 Å². The van der Waals surface area contributed by atoms with Gasteiger partial charge in [-0.25, -0.2) is 8.42 Å². The Morgan fingerprint density at radius 1 is 0.964 bits per heavy atom. The van der Waals surface area contributed by atoms with Gasteiger partial charge in [0.25, 0.3) is 10.0 Å². The third-order valence-corrected chi connectivity index (χ3v) is 5.34. The first-order valence-electron chi connectivity index (χ1n) is 8.48. The van der Waals surface area contributed by atoms with Gasteiger partial charge < -0.3 is 4.74 Å². The molecule has 0 radical (unpaired) electrons. The number of aromatic nitrogens is 2. The molecule has 0 aliphatic heterocycles. The van der Waals surface area contributed by atoms with E-state index in [1.807, 2.05) is 18.2 Å². The predicted octanol–water partition coefficient (Wildman–Crippen LogP) is 3.89. The number of anilines is 1. The van der Waals surface area contributed by atoms with E-state index in [9.17, 15) is 13.2 Å². The van der Waals surface area contributed by atoms with Crippen molar-refractivity contribution >= 4 is 21.5 Å². The van der Waals surface area contributed by atoms with Crippen LogP contribution in [0, 0.1) is 13.8 Å². The lowest BCUT2D eigenvalue weighted by Gasteiger charge is -2.14. The molecule has 0 saturated heterocycles. The molecule has 0 amide bonds. The normalized spacial score (nSPS) is 11.1. The van der Waals surface area contributed by atoms with E-state index >= 15 is 0 Å². The van der Waals surface area contributed by atoms with Crippen LogP contribution < -0.4 is 9.46 Å². The summed E-state index contributed by atoms with van der Waals surface area (Å²) in [5, 5.41) is 0. The SMILES string of the molecule is CC(=O)c1cccc(S(=O)(=O)Nc2c(C)nc(Oc3ccccc3)nc2C)c1. The summed E-state index contributed by atoms with van der Waals surface area (Å²) in [6.07, 6.45) is 0. The molecule has 28 heavy (non-hydrogen) atoms. The first-order chi connectivity index (χ1) is 13.3. The first-order valence-corrected chi connectivity index (χ1v) is 9.96. The number of ether oxygens (including phenoxy) is 1. The Morgan fingerprint density at radius 3 is 2.21 bits per heavy atom. The molecule has 0 atom stereocenters. The molecule has 0 saturated carbocycles. The minimum absolute atomic E-state index is 0.0105. The molecule has 0 bridgehead atoms. The van der Waals surface area contributed by atoms with Crippen molar-refractivity contribution in [2.75, 3.05) is 4.72 Å². The summed E-state index contributed by atoms with van der Waals surface area (Å²) in [6, 6.07) is 15.0. The molecule has 3 aromatic rings. The number of benzene rings is 2. The number of carbonyl (C=O) groups is 1. The molecule has 8 heteroatoms. The highest BCUT2D eigenvalue weighted by molar-refractivity contribution is 7.92. The predicted molar refractivity (Wildman–Crippen MR) is 105 cm³/mol. The molecule has 3 rings (SSSR count). The summed E-state index contributed by atoms with van der Waals surface area (Å²) in [6.45, 7) is 4.71. The fourth-order valence-electron chi connectivity index (χ4n) is 2.55. The van der Waals surface area contributed by atoms with E-state index in [1.165, 1.54) is 25.1 Å².